The van der Waals surface area contributed by atoms with Crippen molar-refractivity contribution in [3.8, 4) is 0 Å². The van der Waals surface area contributed by atoms with Gasteiger partial charge >= 0.3 is 0 Å². The number of carbonyl (C=O) groups is 1. The summed E-state index contributed by atoms with van der Waals surface area (Å²) in [5.41, 5.74) is 2.62. The number of imidazole rings is 1. The molecular formula is C23H24N4O2S. The Labute approximate surface area is 179 Å². The van der Waals surface area contributed by atoms with Crippen LogP contribution in [0.5, 0.6) is 0 Å². The van der Waals surface area contributed by atoms with Crippen molar-refractivity contribution in [2.45, 2.75) is 16.7 Å². The number of thioether (sulfide) groups is 1. The summed E-state index contributed by atoms with van der Waals surface area (Å²) in [7, 11) is 3.93. The maximum atomic E-state index is 12.6. The van der Waals surface area contributed by atoms with Crippen molar-refractivity contribution in [2.75, 3.05) is 20.6 Å². The number of nitrogens with one attached hydrogen (secondary N) is 1. The minimum atomic E-state index is -0.0923. The summed E-state index contributed by atoms with van der Waals surface area (Å²) in [6.45, 7) is 0.476. The normalized spacial score (nSPS) is 12.4. The van der Waals surface area contributed by atoms with E-state index in [1.165, 1.54) is 0 Å². The summed E-state index contributed by atoms with van der Waals surface area (Å²) in [5.74, 6) is 1.52. The number of hydrogen-bond acceptors (Lipinski definition) is 5. The number of hydrogen-bond donors (Lipinski definition) is 1. The molecule has 1 amide bonds. The highest BCUT2D eigenvalue weighted by molar-refractivity contribution is 7.98. The number of aromatic nitrogens is 2. The number of likely N-dealkylation sites (N-methyl/N-ethyl adjacent to an activating group) is 1. The van der Waals surface area contributed by atoms with E-state index >= 15 is 0 Å². The first-order valence-corrected chi connectivity index (χ1v) is 10.7. The SMILES string of the molecule is CN(C)C(CNC(=O)c1ccc(SCc2cn3ccccc3n2)cc1)c1ccco1. The van der Waals surface area contributed by atoms with Crippen molar-refractivity contribution in [1.82, 2.24) is 19.6 Å². The minimum absolute atomic E-state index is 0.00999. The van der Waals surface area contributed by atoms with E-state index in [2.05, 4.69) is 10.3 Å². The molecule has 1 aromatic carbocycles. The van der Waals surface area contributed by atoms with E-state index in [4.69, 9.17) is 4.42 Å². The molecular weight excluding hydrogens is 396 g/mol. The summed E-state index contributed by atoms with van der Waals surface area (Å²) >= 11 is 1.70. The number of furan rings is 1. The molecule has 0 fully saturated rings. The average molecular weight is 421 g/mol. The van der Waals surface area contributed by atoms with Crippen LogP contribution in [-0.4, -0.2) is 40.8 Å². The van der Waals surface area contributed by atoms with E-state index < -0.39 is 0 Å². The Bertz CT molecular complexity index is 1070. The smallest absolute Gasteiger partial charge is 0.251 e. The summed E-state index contributed by atoms with van der Waals surface area (Å²) < 4.78 is 7.51. The van der Waals surface area contributed by atoms with Crippen LogP contribution in [0.2, 0.25) is 0 Å². The molecule has 0 aliphatic rings. The lowest BCUT2D eigenvalue weighted by molar-refractivity contribution is 0.0939. The fourth-order valence-corrected chi connectivity index (χ4v) is 4.01. The predicted molar refractivity (Wildman–Crippen MR) is 119 cm³/mol. The summed E-state index contributed by atoms with van der Waals surface area (Å²) in [6.07, 6.45) is 5.69. The lowest BCUT2D eigenvalue weighted by Gasteiger charge is -2.22. The second-order valence-corrected chi connectivity index (χ2v) is 8.27. The quantitative estimate of drug-likeness (QED) is 0.432. The van der Waals surface area contributed by atoms with E-state index in [9.17, 15) is 4.79 Å². The summed E-state index contributed by atoms with van der Waals surface area (Å²) in [4.78, 5) is 20.3. The van der Waals surface area contributed by atoms with Gasteiger partial charge in [-0.15, -0.1) is 11.8 Å². The zero-order valence-corrected chi connectivity index (χ0v) is 17.8. The van der Waals surface area contributed by atoms with Crippen molar-refractivity contribution < 1.29 is 9.21 Å². The fourth-order valence-electron chi connectivity index (χ4n) is 3.23. The van der Waals surface area contributed by atoms with Crippen LogP contribution in [-0.2, 0) is 5.75 Å². The van der Waals surface area contributed by atoms with Gasteiger partial charge in [0.05, 0.1) is 18.0 Å². The molecule has 0 saturated heterocycles. The van der Waals surface area contributed by atoms with Crippen LogP contribution in [0.15, 0.2) is 82.6 Å². The highest BCUT2D eigenvalue weighted by Crippen LogP contribution is 2.23. The molecule has 0 saturated carbocycles. The Morgan fingerprint density at radius 2 is 2.00 bits per heavy atom. The number of fused-ring (bicyclic) bond motifs is 1. The molecule has 0 bridgehead atoms. The van der Waals surface area contributed by atoms with Gasteiger partial charge in [-0.2, -0.15) is 0 Å². The van der Waals surface area contributed by atoms with Gasteiger partial charge in [0.15, 0.2) is 0 Å². The van der Waals surface area contributed by atoms with Crippen LogP contribution in [0.4, 0.5) is 0 Å². The molecule has 7 heteroatoms. The third kappa shape index (κ3) is 4.75. The van der Waals surface area contributed by atoms with Crippen LogP contribution in [0.25, 0.3) is 5.65 Å². The monoisotopic (exact) mass is 420 g/mol. The van der Waals surface area contributed by atoms with Crippen LogP contribution < -0.4 is 5.32 Å². The molecule has 0 aliphatic carbocycles. The second kappa shape index (κ2) is 9.19. The van der Waals surface area contributed by atoms with E-state index in [1.54, 1.807) is 18.0 Å². The van der Waals surface area contributed by atoms with Crippen molar-refractivity contribution in [1.29, 1.82) is 0 Å². The van der Waals surface area contributed by atoms with Gasteiger partial charge in [0.25, 0.3) is 5.91 Å². The van der Waals surface area contributed by atoms with Gasteiger partial charge in [-0.1, -0.05) is 6.07 Å². The molecule has 1 unspecified atom stereocenters. The Hall–Kier alpha value is -3.03. The minimum Gasteiger partial charge on any atom is -0.468 e. The first kappa shape index (κ1) is 20.3. The molecule has 4 rings (SSSR count). The van der Waals surface area contributed by atoms with Gasteiger partial charge in [-0.3, -0.25) is 9.69 Å². The van der Waals surface area contributed by atoms with Crippen LogP contribution in [0.1, 0.15) is 27.9 Å². The molecule has 1 atom stereocenters. The van der Waals surface area contributed by atoms with Crippen molar-refractivity contribution in [3.63, 3.8) is 0 Å². The van der Waals surface area contributed by atoms with Gasteiger partial charge < -0.3 is 14.1 Å². The molecule has 0 radical (unpaired) electrons. The molecule has 6 nitrogen and oxygen atoms in total. The standard InChI is InChI=1S/C23H24N4O2S/c1-26(2)20(21-6-5-13-29-21)14-24-23(28)17-8-10-19(11-9-17)30-16-18-15-27-12-4-3-7-22(27)25-18/h3-13,15,20H,14,16H2,1-2H3,(H,24,28). The number of nitrogens with zero attached hydrogens (tertiary/aromatic N) is 3. The lowest BCUT2D eigenvalue weighted by atomic mass is 10.2. The van der Waals surface area contributed by atoms with E-state index in [-0.39, 0.29) is 11.9 Å². The maximum Gasteiger partial charge on any atom is 0.251 e. The van der Waals surface area contributed by atoms with Crippen LogP contribution in [0.3, 0.4) is 0 Å². The summed E-state index contributed by atoms with van der Waals surface area (Å²) in [5, 5.41) is 3.00. The number of pyridine rings is 1. The first-order chi connectivity index (χ1) is 14.6. The third-order valence-electron chi connectivity index (χ3n) is 4.87. The van der Waals surface area contributed by atoms with Crippen molar-refractivity contribution in [3.05, 3.63) is 90.3 Å². The van der Waals surface area contributed by atoms with Crippen molar-refractivity contribution in [2.24, 2.45) is 0 Å². The molecule has 30 heavy (non-hydrogen) atoms. The van der Waals surface area contributed by atoms with Gasteiger partial charge in [0.1, 0.15) is 11.4 Å². The van der Waals surface area contributed by atoms with Crippen LogP contribution >= 0.6 is 11.8 Å². The molecule has 154 valence electrons. The Kier molecular flexibility index (Phi) is 6.21. The zero-order valence-electron chi connectivity index (χ0n) is 17.0. The van der Waals surface area contributed by atoms with E-state index in [1.807, 2.05) is 90.4 Å². The fraction of sp³-hybridized carbons (Fsp3) is 0.217. The van der Waals surface area contributed by atoms with Gasteiger partial charge in [-0.05, 0) is 62.6 Å². The number of rotatable bonds is 8. The van der Waals surface area contributed by atoms with Crippen molar-refractivity contribution >= 4 is 23.3 Å². The van der Waals surface area contributed by atoms with Crippen LogP contribution in [0, 0.1) is 0 Å². The average Bonchev–Trinajstić information content (AvgIpc) is 3.42. The Morgan fingerprint density at radius 3 is 2.70 bits per heavy atom. The topological polar surface area (TPSA) is 62.8 Å². The van der Waals surface area contributed by atoms with E-state index in [0.717, 1.165) is 27.7 Å². The largest absolute Gasteiger partial charge is 0.468 e. The molecule has 4 aromatic rings. The molecule has 1 N–H and O–H groups in total. The molecule has 3 aromatic heterocycles. The van der Waals surface area contributed by atoms with Gasteiger partial charge in [-0.25, -0.2) is 4.98 Å². The van der Waals surface area contributed by atoms with Gasteiger partial charge in [0.2, 0.25) is 0 Å². The lowest BCUT2D eigenvalue weighted by Crippen LogP contribution is -2.34. The Balaban J connectivity index is 1.32. The number of carbonyl (C=O) groups excluding carboxylic acids is 1. The second-order valence-electron chi connectivity index (χ2n) is 7.22. The molecule has 0 aliphatic heterocycles. The molecule has 3 heterocycles. The Morgan fingerprint density at radius 1 is 1.17 bits per heavy atom. The third-order valence-corrected chi connectivity index (χ3v) is 5.91. The maximum absolute atomic E-state index is 12.6. The summed E-state index contributed by atoms with van der Waals surface area (Å²) in [6, 6.07) is 17.4. The number of benzene rings is 1. The molecule has 0 spiro atoms. The van der Waals surface area contributed by atoms with E-state index in [0.29, 0.717) is 12.1 Å². The highest BCUT2D eigenvalue weighted by atomic mass is 32.2. The zero-order chi connectivity index (χ0) is 20.9. The highest BCUT2D eigenvalue weighted by Gasteiger charge is 2.18. The number of amides is 1. The van der Waals surface area contributed by atoms with Gasteiger partial charge in [0, 0.05) is 35.2 Å². The first-order valence-electron chi connectivity index (χ1n) is 9.73. The predicted octanol–water partition coefficient (Wildman–Crippen LogP) is 4.25.